The molecule has 0 saturated carbocycles. The summed E-state index contributed by atoms with van der Waals surface area (Å²) in [7, 11) is 0. The molecular formula is C16H13NO4. The molecule has 0 radical (unpaired) electrons. The number of fused-ring (bicyclic) bond motifs is 2. The number of furan rings is 1. The van der Waals surface area contributed by atoms with Crippen LogP contribution in [-0.4, -0.2) is 23.9 Å². The van der Waals surface area contributed by atoms with Crippen molar-refractivity contribution in [2.45, 2.75) is 12.8 Å². The average molecular weight is 283 g/mol. The molecule has 0 bridgehead atoms. The molecule has 1 saturated heterocycles. The Bertz CT molecular complexity index is 899. The molecule has 1 aromatic carbocycles. The summed E-state index contributed by atoms with van der Waals surface area (Å²) in [6, 6.07) is 8.47. The summed E-state index contributed by atoms with van der Waals surface area (Å²) in [5.41, 5.74) is 0.292. The molecule has 0 aliphatic carbocycles. The van der Waals surface area contributed by atoms with E-state index in [2.05, 4.69) is 0 Å². The van der Waals surface area contributed by atoms with Crippen LogP contribution in [-0.2, 0) is 0 Å². The van der Waals surface area contributed by atoms with Crippen LogP contribution in [0.25, 0.3) is 22.1 Å². The summed E-state index contributed by atoms with van der Waals surface area (Å²) in [5.74, 6) is 0.103. The van der Waals surface area contributed by atoms with Crippen LogP contribution in [0.3, 0.4) is 0 Å². The lowest BCUT2D eigenvalue weighted by atomic mass is 10.2. The van der Waals surface area contributed by atoms with Gasteiger partial charge in [0.2, 0.25) is 5.43 Å². The van der Waals surface area contributed by atoms with E-state index in [9.17, 15) is 9.59 Å². The molecule has 0 N–H and O–H groups in total. The van der Waals surface area contributed by atoms with Crippen molar-refractivity contribution in [1.82, 2.24) is 4.90 Å². The highest BCUT2D eigenvalue weighted by Crippen LogP contribution is 2.23. The van der Waals surface area contributed by atoms with Crippen LogP contribution in [0.4, 0.5) is 0 Å². The second kappa shape index (κ2) is 4.48. The van der Waals surface area contributed by atoms with Gasteiger partial charge in [0.1, 0.15) is 11.0 Å². The fraction of sp³-hybridized carbons (Fsp3) is 0.250. The van der Waals surface area contributed by atoms with E-state index in [1.54, 1.807) is 29.2 Å². The van der Waals surface area contributed by atoms with Crippen LogP contribution in [0.5, 0.6) is 0 Å². The zero-order chi connectivity index (χ0) is 14.4. The van der Waals surface area contributed by atoms with Gasteiger partial charge >= 0.3 is 5.78 Å². The maximum atomic E-state index is 12.4. The lowest BCUT2D eigenvalue weighted by Gasteiger charge is -2.12. The third-order valence-electron chi connectivity index (χ3n) is 3.88. The molecule has 21 heavy (non-hydrogen) atoms. The molecule has 1 aliphatic heterocycles. The van der Waals surface area contributed by atoms with Crippen LogP contribution in [0, 0.1) is 0 Å². The maximum absolute atomic E-state index is 12.4. The first kappa shape index (κ1) is 12.2. The van der Waals surface area contributed by atoms with Gasteiger partial charge in [-0.15, -0.1) is 0 Å². The second-order valence-corrected chi connectivity index (χ2v) is 5.24. The zero-order valence-electron chi connectivity index (χ0n) is 11.3. The minimum absolute atomic E-state index is 0.112. The van der Waals surface area contributed by atoms with Gasteiger partial charge in [0, 0.05) is 19.2 Å². The first-order chi connectivity index (χ1) is 10.2. The summed E-state index contributed by atoms with van der Waals surface area (Å²) in [6.45, 7) is 1.47. The van der Waals surface area contributed by atoms with Crippen molar-refractivity contribution in [3.05, 3.63) is 46.3 Å². The monoisotopic (exact) mass is 283 g/mol. The van der Waals surface area contributed by atoms with E-state index >= 15 is 0 Å². The number of para-hydroxylation sites is 1. The Morgan fingerprint density at radius 3 is 2.62 bits per heavy atom. The number of rotatable bonds is 1. The van der Waals surface area contributed by atoms with Gasteiger partial charge in [-0.2, -0.15) is 0 Å². The van der Waals surface area contributed by atoms with E-state index in [0.717, 1.165) is 25.9 Å². The Labute approximate surface area is 119 Å². The summed E-state index contributed by atoms with van der Waals surface area (Å²) in [5, 5.41) is 0.808. The van der Waals surface area contributed by atoms with E-state index in [1.807, 2.05) is 0 Å². The fourth-order valence-electron chi connectivity index (χ4n) is 2.78. The summed E-state index contributed by atoms with van der Waals surface area (Å²) in [4.78, 5) is 26.4. The molecule has 5 heteroatoms. The Morgan fingerprint density at radius 1 is 1.05 bits per heavy atom. The molecule has 106 valence electrons. The van der Waals surface area contributed by atoms with Gasteiger partial charge in [0.15, 0.2) is 5.76 Å². The van der Waals surface area contributed by atoms with Crippen LogP contribution in [0.2, 0.25) is 0 Å². The summed E-state index contributed by atoms with van der Waals surface area (Å²) in [6.07, 6.45) is 2.01. The van der Waals surface area contributed by atoms with Crippen molar-refractivity contribution in [2.75, 3.05) is 13.1 Å². The van der Waals surface area contributed by atoms with Crippen LogP contribution in [0.15, 0.2) is 44.0 Å². The standard InChI is InChI=1S/C16H13NO4/c18-14-10-5-1-2-6-12(10)20-16-11(14)9-13(21-16)15(19)17-7-3-4-8-17/h1-2,5-6,9H,3-4,7-8H2. The Morgan fingerprint density at radius 2 is 1.81 bits per heavy atom. The van der Waals surface area contributed by atoms with Crippen molar-refractivity contribution in [1.29, 1.82) is 0 Å². The Balaban J connectivity index is 1.89. The Hall–Kier alpha value is -2.56. The average Bonchev–Trinajstić information content (AvgIpc) is 3.16. The number of carbonyl (C=O) groups excluding carboxylic acids is 1. The minimum atomic E-state index is -0.178. The maximum Gasteiger partial charge on any atom is 0.302 e. The number of benzene rings is 1. The van der Waals surface area contributed by atoms with E-state index in [1.165, 1.54) is 6.07 Å². The van der Waals surface area contributed by atoms with Gasteiger partial charge in [-0.25, -0.2) is 0 Å². The van der Waals surface area contributed by atoms with Crippen molar-refractivity contribution in [2.24, 2.45) is 0 Å². The van der Waals surface area contributed by atoms with E-state index in [4.69, 9.17) is 8.83 Å². The van der Waals surface area contributed by atoms with E-state index in [0.29, 0.717) is 16.4 Å². The molecule has 4 rings (SSSR count). The van der Waals surface area contributed by atoms with Crippen LogP contribution < -0.4 is 5.43 Å². The highest BCUT2D eigenvalue weighted by molar-refractivity contribution is 5.97. The topological polar surface area (TPSA) is 63.7 Å². The molecule has 1 fully saturated rings. The number of carbonyl (C=O) groups is 1. The van der Waals surface area contributed by atoms with Crippen LogP contribution in [0.1, 0.15) is 23.4 Å². The molecule has 1 aliphatic rings. The first-order valence-corrected chi connectivity index (χ1v) is 6.99. The summed E-state index contributed by atoms with van der Waals surface area (Å²) < 4.78 is 11.1. The molecule has 1 amide bonds. The Kier molecular flexibility index (Phi) is 2.60. The summed E-state index contributed by atoms with van der Waals surface area (Å²) >= 11 is 0. The molecular weight excluding hydrogens is 270 g/mol. The number of amides is 1. The fourth-order valence-corrected chi connectivity index (χ4v) is 2.78. The van der Waals surface area contributed by atoms with E-state index in [-0.39, 0.29) is 22.9 Å². The smallest absolute Gasteiger partial charge is 0.302 e. The number of nitrogens with zero attached hydrogens (tertiary/aromatic N) is 1. The predicted octanol–water partition coefficient (Wildman–Crippen LogP) is 2.78. The van der Waals surface area contributed by atoms with Gasteiger partial charge in [-0.3, -0.25) is 9.59 Å². The molecule has 0 unspecified atom stereocenters. The van der Waals surface area contributed by atoms with Gasteiger partial charge in [0.25, 0.3) is 5.91 Å². The molecule has 0 atom stereocenters. The minimum Gasteiger partial charge on any atom is -0.425 e. The van der Waals surface area contributed by atoms with Crippen molar-refractivity contribution >= 4 is 28.0 Å². The number of hydrogen-bond donors (Lipinski definition) is 0. The van der Waals surface area contributed by atoms with Crippen molar-refractivity contribution in [3.8, 4) is 0 Å². The van der Waals surface area contributed by atoms with Gasteiger partial charge in [-0.1, -0.05) is 12.1 Å². The third-order valence-corrected chi connectivity index (χ3v) is 3.88. The lowest BCUT2D eigenvalue weighted by molar-refractivity contribution is 0.0762. The molecule has 3 aromatic rings. The number of likely N-dealkylation sites (tertiary alicyclic amines) is 1. The van der Waals surface area contributed by atoms with Gasteiger partial charge in [0.05, 0.1) is 5.39 Å². The van der Waals surface area contributed by atoms with Crippen LogP contribution >= 0.6 is 0 Å². The molecule has 0 spiro atoms. The molecule has 5 nitrogen and oxygen atoms in total. The highest BCUT2D eigenvalue weighted by Gasteiger charge is 2.24. The van der Waals surface area contributed by atoms with Crippen molar-refractivity contribution in [3.63, 3.8) is 0 Å². The SMILES string of the molecule is O=C(c1cc2c(=O)c3ccccc3oc2o1)N1CCCC1. The second-order valence-electron chi connectivity index (χ2n) is 5.24. The quantitative estimate of drug-likeness (QED) is 0.689. The zero-order valence-corrected chi connectivity index (χ0v) is 11.3. The number of hydrogen-bond acceptors (Lipinski definition) is 4. The predicted molar refractivity (Wildman–Crippen MR) is 77.4 cm³/mol. The van der Waals surface area contributed by atoms with E-state index < -0.39 is 0 Å². The molecule has 2 aromatic heterocycles. The van der Waals surface area contributed by atoms with Crippen molar-refractivity contribution < 1.29 is 13.6 Å². The third kappa shape index (κ3) is 1.85. The largest absolute Gasteiger partial charge is 0.425 e. The van der Waals surface area contributed by atoms with Gasteiger partial charge in [-0.05, 0) is 25.0 Å². The lowest BCUT2D eigenvalue weighted by Crippen LogP contribution is -2.27. The first-order valence-electron chi connectivity index (χ1n) is 6.99. The normalized spacial score (nSPS) is 15.1. The molecule has 3 heterocycles. The van der Waals surface area contributed by atoms with Gasteiger partial charge < -0.3 is 13.7 Å². The highest BCUT2D eigenvalue weighted by atomic mass is 16.5.